The summed E-state index contributed by atoms with van der Waals surface area (Å²) >= 11 is 0. The van der Waals surface area contributed by atoms with E-state index in [9.17, 15) is 28.6 Å². The number of nitrogens with two attached hydrogens (primary N) is 2. The van der Waals surface area contributed by atoms with Crippen molar-refractivity contribution in [3.63, 3.8) is 0 Å². The number of anilines is 2. The van der Waals surface area contributed by atoms with Crippen LogP contribution in [0, 0.1) is 36.5 Å². The van der Waals surface area contributed by atoms with Gasteiger partial charge in [0.05, 0.1) is 87.7 Å². The van der Waals surface area contributed by atoms with E-state index >= 15 is 0 Å². The van der Waals surface area contributed by atoms with Crippen LogP contribution in [0.15, 0.2) is 36.4 Å². The topological polar surface area (TPSA) is 308 Å². The van der Waals surface area contributed by atoms with Crippen molar-refractivity contribution < 1.29 is 206 Å². The molecule has 3 heterocycles. The third kappa shape index (κ3) is 21.1. The van der Waals surface area contributed by atoms with E-state index in [-0.39, 0.29) is 204 Å². The average molecular weight is 1000 g/mol. The number of nitrogens with zero attached hydrogens (tertiary/aromatic N) is 2. The molecule has 23 heteroatoms. The van der Waals surface area contributed by atoms with Crippen molar-refractivity contribution in [2.45, 2.75) is 20.8 Å². The average Bonchev–Trinajstić information content (AvgIpc) is 3.02. The van der Waals surface area contributed by atoms with Gasteiger partial charge in [-0.1, -0.05) is 20.8 Å². The van der Waals surface area contributed by atoms with Gasteiger partial charge in [0.15, 0.2) is 0 Å². The standard InChI is InChI=1S/C11H14N2O4.C6H6N2O3.C6H12O4S.C5H10O2.CH2O3.2Cs.H/c1-11(5-16-6-11)7-17-8-2-3-9(12)10(4-8)13(14)15;7-5-2-1-4(9)3-6(5)8(10)11;1-6(3-9-4-6)5-10-11(2,7)8;1-5(2-6)3-7-4-5;2-1-4-3;;;/h2-4H,5-7,12H2,1H3;1-3,9H,7H2;3-5H2,1-2H3;6H,2-4H2,1H3;1,3H;;;/q;;;;;2*+1;-1/p-1. The molecule has 0 saturated carbocycles. The first-order chi connectivity index (χ1) is 23.2. The molecule has 5 rings (SSSR count). The van der Waals surface area contributed by atoms with Crippen LogP contribution in [0.5, 0.6) is 11.5 Å². The van der Waals surface area contributed by atoms with Crippen LogP contribution in [0.2, 0.25) is 0 Å². The number of ether oxygens (including phenoxy) is 4. The summed E-state index contributed by atoms with van der Waals surface area (Å²) in [6.07, 6.45) is 1.05. The second kappa shape index (κ2) is 25.8. The maximum absolute atomic E-state index is 10.7. The van der Waals surface area contributed by atoms with Gasteiger partial charge >= 0.3 is 138 Å². The van der Waals surface area contributed by atoms with Crippen LogP contribution in [0.1, 0.15) is 22.2 Å². The Kier molecular flexibility index (Phi) is 26.7. The van der Waals surface area contributed by atoms with Crippen molar-refractivity contribution in [3.05, 3.63) is 56.6 Å². The van der Waals surface area contributed by atoms with Crippen LogP contribution in [-0.4, -0.2) is 101 Å². The molecule has 0 radical (unpaired) electrons. The fourth-order valence-corrected chi connectivity index (χ4v) is 4.08. The first kappa shape index (κ1) is 53.8. The molecule has 3 aliphatic heterocycles. The molecule has 0 atom stereocenters. The van der Waals surface area contributed by atoms with E-state index in [1.165, 1.54) is 24.3 Å². The summed E-state index contributed by atoms with van der Waals surface area (Å²) in [5.41, 5.74) is 10.5. The molecule has 0 unspecified atom stereocenters. The van der Waals surface area contributed by atoms with E-state index in [1.807, 2.05) is 20.8 Å². The van der Waals surface area contributed by atoms with Gasteiger partial charge in [0.25, 0.3) is 28.0 Å². The van der Waals surface area contributed by atoms with E-state index < -0.39 is 20.0 Å². The van der Waals surface area contributed by atoms with Gasteiger partial charge in [-0.3, -0.25) is 29.2 Å². The van der Waals surface area contributed by atoms with E-state index in [0.29, 0.717) is 38.8 Å². The molecule has 6 N–H and O–H groups in total. The van der Waals surface area contributed by atoms with Gasteiger partial charge in [0.1, 0.15) is 22.9 Å². The van der Waals surface area contributed by atoms with Gasteiger partial charge in [-0.2, -0.15) is 8.42 Å². The van der Waals surface area contributed by atoms with Crippen LogP contribution >= 0.6 is 0 Å². The van der Waals surface area contributed by atoms with E-state index in [1.54, 1.807) is 6.07 Å². The quantitative estimate of drug-likeness (QED) is 0.0330. The van der Waals surface area contributed by atoms with Crippen molar-refractivity contribution in [3.8, 4) is 11.5 Å². The molecule has 0 aromatic heterocycles. The molecule has 20 nitrogen and oxygen atoms in total. The molecule has 2 aromatic rings. The maximum atomic E-state index is 10.7. The van der Waals surface area contributed by atoms with Crippen molar-refractivity contribution in [2.24, 2.45) is 16.2 Å². The number of carbonyl (C=O) groups excluding carboxylic acids is 1. The molecule has 0 amide bonds. The molecule has 0 bridgehead atoms. The SMILES string of the molecule is CC1(CO)COC1.CC1(COS(C)(=O)=O)COC1.CC1(COc2ccc(N)c([N+](=O)[O-])c2)COC1.Nc1ccc(O)cc1[N+](=O)[O-].O=CO[O-].[Cs+].[Cs+].[H-]. The second-order valence-electron chi connectivity index (χ2n) is 12.5. The van der Waals surface area contributed by atoms with Gasteiger partial charge in [-0.15, -0.1) is 0 Å². The predicted molar refractivity (Wildman–Crippen MR) is 175 cm³/mol. The zero-order valence-corrected chi connectivity index (χ0v) is 43.3. The summed E-state index contributed by atoms with van der Waals surface area (Å²) in [5.74, 6) is 0.296. The number of benzene rings is 2. The van der Waals surface area contributed by atoms with Crippen LogP contribution in [0.25, 0.3) is 0 Å². The van der Waals surface area contributed by atoms with Crippen LogP contribution in [-0.2, 0) is 38.2 Å². The number of phenols is 1. The minimum atomic E-state index is -3.29. The second-order valence-corrected chi connectivity index (χ2v) is 14.1. The Morgan fingerprint density at radius 2 is 1.25 bits per heavy atom. The first-order valence-electron chi connectivity index (χ1n) is 14.5. The van der Waals surface area contributed by atoms with Gasteiger partial charge < -0.3 is 52.2 Å². The summed E-state index contributed by atoms with van der Waals surface area (Å²) in [5, 5.41) is 46.7. The Labute approximate surface area is 420 Å². The Morgan fingerprint density at radius 3 is 1.56 bits per heavy atom. The smallest absolute Gasteiger partial charge is 1.00 e. The Balaban J connectivity index is -0.000000619. The molecule has 0 aliphatic carbocycles. The largest absolute Gasteiger partial charge is 1.00 e. The normalized spacial score (nSPS) is 16.4. The molecule has 0 spiro atoms. The van der Waals surface area contributed by atoms with E-state index in [4.69, 9.17) is 50.7 Å². The molecular weight excluding hydrogens is 958 g/mol. The Hall–Kier alpha value is -0.276. The van der Waals surface area contributed by atoms with Crippen LogP contribution in [0.3, 0.4) is 0 Å². The summed E-state index contributed by atoms with van der Waals surface area (Å²) in [4.78, 5) is 31.0. The molecule has 284 valence electrons. The number of aliphatic hydroxyl groups excluding tert-OH is 1. The summed E-state index contributed by atoms with van der Waals surface area (Å²) in [7, 11) is -3.29. The third-order valence-electron chi connectivity index (χ3n) is 6.74. The molecular formula is C29H44Cs2N4O16S. The predicted octanol–water partition coefficient (Wildman–Crippen LogP) is -4.96. The third-order valence-corrected chi connectivity index (χ3v) is 7.29. The first-order valence-corrected chi connectivity index (χ1v) is 16.3. The number of hydrogen-bond acceptors (Lipinski definition) is 18. The fourth-order valence-electron chi connectivity index (χ4n) is 3.58. The zero-order valence-electron chi connectivity index (χ0n) is 31.0. The van der Waals surface area contributed by atoms with Crippen molar-refractivity contribution in [1.82, 2.24) is 0 Å². The number of hydrogen-bond donors (Lipinski definition) is 4. The molecule has 2 aromatic carbocycles. The number of rotatable bonds is 10. The number of nitro groups is 2. The number of nitro benzene ring substituents is 2. The van der Waals surface area contributed by atoms with Crippen LogP contribution < -0.4 is 159 Å². The monoisotopic (exact) mass is 1000 g/mol. The van der Waals surface area contributed by atoms with Crippen molar-refractivity contribution in [2.75, 3.05) is 77.2 Å². The Morgan fingerprint density at radius 1 is 0.846 bits per heavy atom. The number of nitrogen functional groups attached to an aromatic ring is 2. The van der Waals surface area contributed by atoms with Gasteiger partial charge in [-0.05, 0) is 24.3 Å². The fraction of sp³-hybridized carbons (Fsp3) is 0.552. The molecule has 3 aliphatic rings. The van der Waals surface area contributed by atoms with Gasteiger partial charge in [0, 0.05) is 16.2 Å². The van der Waals surface area contributed by atoms with Crippen molar-refractivity contribution in [1.29, 1.82) is 0 Å². The van der Waals surface area contributed by atoms with E-state index in [2.05, 4.69) is 9.07 Å². The number of aliphatic hydroxyl groups is 1. The minimum Gasteiger partial charge on any atom is -1.00 e. The number of phenolic OH excluding ortho intramolecular Hbond substituents is 1. The minimum absolute atomic E-state index is 0. The van der Waals surface area contributed by atoms with Gasteiger partial charge in [0.2, 0.25) is 0 Å². The summed E-state index contributed by atoms with van der Waals surface area (Å²) < 4.78 is 46.2. The molecule has 3 saturated heterocycles. The van der Waals surface area contributed by atoms with E-state index in [0.717, 1.165) is 25.5 Å². The zero-order chi connectivity index (χ0) is 38.2. The van der Waals surface area contributed by atoms with Gasteiger partial charge in [-0.25, -0.2) is 0 Å². The number of carbonyl (C=O) groups is 1. The Bertz CT molecular complexity index is 1530. The summed E-state index contributed by atoms with van der Waals surface area (Å²) in [6.45, 7) is 10.7. The number of aromatic hydroxyl groups is 1. The molecule has 3 fully saturated rings. The molecule has 52 heavy (non-hydrogen) atoms. The van der Waals surface area contributed by atoms with Crippen LogP contribution in [0.4, 0.5) is 22.7 Å². The summed E-state index contributed by atoms with van der Waals surface area (Å²) in [6, 6.07) is 8.04. The maximum Gasteiger partial charge on any atom is 1.00 e. The van der Waals surface area contributed by atoms with Crippen molar-refractivity contribution >= 4 is 39.3 Å².